The van der Waals surface area contributed by atoms with Crippen molar-refractivity contribution in [2.45, 2.75) is 32.0 Å². The molecule has 36 heavy (non-hydrogen) atoms. The molecular formula is C23H29F2N5O6. The molecule has 2 aromatic rings. The predicted octanol–water partition coefficient (Wildman–Crippen LogP) is 1.41. The number of hydrogen-bond acceptors (Lipinski definition) is 10. The predicted molar refractivity (Wildman–Crippen MR) is 122 cm³/mol. The van der Waals surface area contributed by atoms with Gasteiger partial charge in [-0.05, 0) is 37.0 Å². The van der Waals surface area contributed by atoms with Crippen molar-refractivity contribution in [3.05, 3.63) is 29.7 Å². The number of halogens is 2. The minimum Gasteiger partial charge on any atom is -0.489 e. The smallest absolute Gasteiger partial charge is 0.387 e. The molecule has 196 valence electrons. The van der Waals surface area contributed by atoms with E-state index in [9.17, 15) is 18.4 Å². The zero-order valence-electron chi connectivity index (χ0n) is 19.8. The SMILES string of the molecule is COC(=O)C1CN(CN)CCN1C(=O)c1nc(-c2ccc(OC(F)F)c(OCC3CC3)c2)oc1CN. The molecule has 1 aliphatic carbocycles. The first kappa shape index (κ1) is 25.8. The average Bonchev–Trinajstić information content (AvgIpc) is 3.62. The molecule has 1 saturated carbocycles. The molecule has 0 radical (unpaired) electrons. The van der Waals surface area contributed by atoms with Gasteiger partial charge >= 0.3 is 12.6 Å². The van der Waals surface area contributed by atoms with E-state index in [0.717, 1.165) is 12.8 Å². The Hall–Kier alpha value is -3.29. The molecule has 2 fully saturated rings. The molecule has 13 heteroatoms. The highest BCUT2D eigenvalue weighted by Crippen LogP contribution is 2.37. The quantitative estimate of drug-likeness (QED) is 0.451. The maximum atomic E-state index is 13.4. The second kappa shape index (κ2) is 11.2. The summed E-state index contributed by atoms with van der Waals surface area (Å²) >= 11 is 0. The monoisotopic (exact) mass is 509 g/mol. The highest BCUT2D eigenvalue weighted by atomic mass is 19.3. The number of amides is 1. The Morgan fingerprint density at radius 1 is 1.22 bits per heavy atom. The molecule has 1 unspecified atom stereocenters. The summed E-state index contributed by atoms with van der Waals surface area (Å²) in [4.78, 5) is 33.4. The van der Waals surface area contributed by atoms with Gasteiger partial charge in [-0.3, -0.25) is 9.69 Å². The number of oxazole rings is 1. The molecule has 2 aliphatic rings. The van der Waals surface area contributed by atoms with E-state index in [0.29, 0.717) is 24.6 Å². The van der Waals surface area contributed by atoms with Gasteiger partial charge in [0.15, 0.2) is 23.0 Å². The summed E-state index contributed by atoms with van der Waals surface area (Å²) in [6.07, 6.45) is 2.03. The minimum atomic E-state index is -3.02. The van der Waals surface area contributed by atoms with Crippen LogP contribution < -0.4 is 20.9 Å². The number of alkyl halides is 2. The third kappa shape index (κ3) is 5.74. The number of carbonyl (C=O) groups is 2. The van der Waals surface area contributed by atoms with Crippen molar-refractivity contribution in [3.63, 3.8) is 0 Å². The van der Waals surface area contributed by atoms with Crippen LogP contribution in [-0.2, 0) is 16.1 Å². The maximum absolute atomic E-state index is 13.4. The second-order valence-electron chi connectivity index (χ2n) is 8.59. The van der Waals surface area contributed by atoms with Gasteiger partial charge in [0.25, 0.3) is 5.91 Å². The third-order valence-electron chi connectivity index (χ3n) is 6.12. The molecule has 1 amide bonds. The van der Waals surface area contributed by atoms with Crippen molar-refractivity contribution in [2.24, 2.45) is 17.4 Å². The Balaban J connectivity index is 1.62. The van der Waals surface area contributed by atoms with Crippen LogP contribution in [0.25, 0.3) is 11.5 Å². The van der Waals surface area contributed by atoms with E-state index in [2.05, 4.69) is 9.72 Å². The Morgan fingerprint density at radius 2 is 2.00 bits per heavy atom. The van der Waals surface area contributed by atoms with Crippen LogP contribution in [0.2, 0.25) is 0 Å². The number of piperazine rings is 1. The highest BCUT2D eigenvalue weighted by molar-refractivity contribution is 5.96. The fourth-order valence-corrected chi connectivity index (χ4v) is 3.94. The van der Waals surface area contributed by atoms with Crippen LogP contribution in [-0.4, -0.2) is 79.3 Å². The Morgan fingerprint density at radius 3 is 2.64 bits per heavy atom. The van der Waals surface area contributed by atoms with E-state index < -0.39 is 24.5 Å². The molecule has 1 aromatic heterocycles. The zero-order chi connectivity index (χ0) is 25.8. The fraction of sp³-hybridized carbons (Fsp3) is 0.522. The topological polar surface area (TPSA) is 146 Å². The Kier molecular flexibility index (Phi) is 8.01. The number of esters is 1. The van der Waals surface area contributed by atoms with Gasteiger partial charge < -0.3 is 35.0 Å². The number of ether oxygens (including phenoxy) is 3. The molecule has 1 aromatic carbocycles. The van der Waals surface area contributed by atoms with Crippen molar-refractivity contribution >= 4 is 11.9 Å². The number of methoxy groups -OCH3 is 1. The first-order valence-electron chi connectivity index (χ1n) is 11.6. The van der Waals surface area contributed by atoms with E-state index >= 15 is 0 Å². The Labute approximate surface area is 206 Å². The van der Waals surface area contributed by atoms with Crippen LogP contribution in [0, 0.1) is 5.92 Å². The van der Waals surface area contributed by atoms with Gasteiger partial charge in [0.05, 0.1) is 20.3 Å². The number of nitrogens with zero attached hydrogens (tertiary/aromatic N) is 3. The first-order valence-corrected chi connectivity index (χ1v) is 11.6. The number of carbonyl (C=O) groups excluding carboxylic acids is 2. The zero-order valence-corrected chi connectivity index (χ0v) is 19.8. The number of hydrogen-bond donors (Lipinski definition) is 2. The molecule has 1 aliphatic heterocycles. The van der Waals surface area contributed by atoms with Crippen molar-refractivity contribution in [1.29, 1.82) is 0 Å². The lowest BCUT2D eigenvalue weighted by Gasteiger charge is -2.38. The van der Waals surface area contributed by atoms with Crippen molar-refractivity contribution in [2.75, 3.05) is 40.0 Å². The van der Waals surface area contributed by atoms with Gasteiger partial charge in [-0.2, -0.15) is 8.78 Å². The van der Waals surface area contributed by atoms with E-state index in [4.69, 9.17) is 25.4 Å². The summed E-state index contributed by atoms with van der Waals surface area (Å²) in [5.41, 5.74) is 11.9. The molecule has 1 atom stereocenters. The summed E-state index contributed by atoms with van der Waals surface area (Å²) in [5.74, 6) is -0.571. The lowest BCUT2D eigenvalue weighted by atomic mass is 10.1. The molecule has 0 bridgehead atoms. The van der Waals surface area contributed by atoms with Gasteiger partial charge in [-0.25, -0.2) is 9.78 Å². The maximum Gasteiger partial charge on any atom is 0.387 e. The molecule has 11 nitrogen and oxygen atoms in total. The normalized spacial score (nSPS) is 18.4. The number of benzene rings is 1. The lowest BCUT2D eigenvalue weighted by molar-refractivity contribution is -0.148. The van der Waals surface area contributed by atoms with Crippen LogP contribution in [0.15, 0.2) is 22.6 Å². The standard InChI is InChI=1S/C23H29F2N5O6/c1-33-22(32)15-10-29(12-27)6-7-30(15)21(31)19-18(9-26)35-20(28-19)14-4-5-16(36-23(24)25)17(8-14)34-11-13-2-3-13/h4-5,8,13,15,23H,2-3,6-7,9-12,26-27H2,1H3. The van der Waals surface area contributed by atoms with Crippen molar-refractivity contribution < 1.29 is 37.0 Å². The van der Waals surface area contributed by atoms with E-state index in [1.165, 1.54) is 30.2 Å². The number of rotatable bonds is 10. The van der Waals surface area contributed by atoms with Crippen LogP contribution in [0.5, 0.6) is 11.5 Å². The fourth-order valence-electron chi connectivity index (χ4n) is 3.94. The largest absolute Gasteiger partial charge is 0.489 e. The third-order valence-corrected chi connectivity index (χ3v) is 6.12. The van der Waals surface area contributed by atoms with Gasteiger partial charge in [-0.1, -0.05) is 0 Å². The van der Waals surface area contributed by atoms with Gasteiger partial charge in [0, 0.05) is 31.9 Å². The lowest BCUT2D eigenvalue weighted by Crippen LogP contribution is -2.59. The summed E-state index contributed by atoms with van der Waals surface area (Å²) in [7, 11) is 1.25. The number of aromatic nitrogens is 1. The van der Waals surface area contributed by atoms with Crippen LogP contribution >= 0.6 is 0 Å². The molecule has 1 saturated heterocycles. The summed E-state index contributed by atoms with van der Waals surface area (Å²) in [6.45, 7) is -1.64. The highest BCUT2D eigenvalue weighted by Gasteiger charge is 2.38. The van der Waals surface area contributed by atoms with Gasteiger partial charge in [0.1, 0.15) is 6.04 Å². The summed E-state index contributed by atoms with van der Waals surface area (Å²) < 4.78 is 46.6. The van der Waals surface area contributed by atoms with E-state index in [1.54, 1.807) is 0 Å². The van der Waals surface area contributed by atoms with Crippen LogP contribution in [0.3, 0.4) is 0 Å². The van der Waals surface area contributed by atoms with Crippen LogP contribution in [0.4, 0.5) is 8.78 Å². The molecule has 0 spiro atoms. The average molecular weight is 510 g/mol. The summed E-state index contributed by atoms with van der Waals surface area (Å²) in [6, 6.07) is 3.40. The van der Waals surface area contributed by atoms with Crippen molar-refractivity contribution in [3.8, 4) is 23.0 Å². The van der Waals surface area contributed by atoms with E-state index in [1.807, 2.05) is 4.90 Å². The number of nitrogens with two attached hydrogens (primary N) is 2. The summed E-state index contributed by atoms with van der Waals surface area (Å²) in [5, 5.41) is 0. The molecular weight excluding hydrogens is 480 g/mol. The minimum absolute atomic E-state index is 0.0454. The molecule has 2 heterocycles. The van der Waals surface area contributed by atoms with Crippen LogP contribution in [0.1, 0.15) is 29.1 Å². The first-order chi connectivity index (χ1) is 17.3. The Bertz CT molecular complexity index is 1090. The van der Waals surface area contributed by atoms with Gasteiger partial charge in [0.2, 0.25) is 5.89 Å². The van der Waals surface area contributed by atoms with Gasteiger partial charge in [-0.15, -0.1) is 0 Å². The van der Waals surface area contributed by atoms with Crippen molar-refractivity contribution in [1.82, 2.24) is 14.8 Å². The molecule has 4 N–H and O–H groups in total. The second-order valence-corrected chi connectivity index (χ2v) is 8.59. The molecule has 4 rings (SSSR count). The van der Waals surface area contributed by atoms with E-state index in [-0.39, 0.29) is 55.1 Å².